The van der Waals surface area contributed by atoms with Crippen LogP contribution in [0.1, 0.15) is 5.56 Å². The van der Waals surface area contributed by atoms with Gasteiger partial charge in [-0.25, -0.2) is 4.79 Å². The first-order valence-electron chi connectivity index (χ1n) is 7.51. The van der Waals surface area contributed by atoms with Crippen LogP contribution in [-0.2, 0) is 11.3 Å². The molecule has 1 aliphatic heterocycles. The first kappa shape index (κ1) is 20.0. The summed E-state index contributed by atoms with van der Waals surface area (Å²) in [6, 6.07) is 9.45. The molecule has 0 radical (unpaired) electrons. The van der Waals surface area contributed by atoms with E-state index < -0.39 is 11.6 Å². The summed E-state index contributed by atoms with van der Waals surface area (Å²) in [6.45, 7) is 1.96. The van der Waals surface area contributed by atoms with Crippen molar-refractivity contribution < 1.29 is 14.6 Å². The fraction of sp³-hybridized carbons (Fsp3) is 0.312. The number of piperazine rings is 1. The van der Waals surface area contributed by atoms with E-state index in [0.717, 1.165) is 11.6 Å². The molecule has 1 heterocycles. The van der Waals surface area contributed by atoms with Gasteiger partial charge in [-0.2, -0.15) is 0 Å². The zero-order valence-corrected chi connectivity index (χ0v) is 13.9. The predicted octanol–water partition coefficient (Wildman–Crippen LogP) is 1.46. The summed E-state index contributed by atoms with van der Waals surface area (Å²) in [5.74, 6) is -0.868. The fourth-order valence-electron chi connectivity index (χ4n) is 2.24. The molecule has 0 aliphatic carbocycles. The average molecular weight is 348 g/mol. The van der Waals surface area contributed by atoms with Crippen LogP contribution < -0.4 is 11.9 Å². The molecule has 1 fully saturated rings. The number of aliphatic hydroxyl groups excluding tert-OH is 1. The van der Waals surface area contributed by atoms with Gasteiger partial charge in [0.2, 0.25) is 0 Å². The van der Waals surface area contributed by atoms with Crippen molar-refractivity contribution in [2.24, 2.45) is 5.73 Å². The highest BCUT2D eigenvalue weighted by Crippen LogP contribution is 2.08. The maximum Gasteiger partial charge on any atom is 0.410 e. The molecule has 8 N–H and O–H groups in total. The molecule has 0 aromatic heterocycles. The van der Waals surface area contributed by atoms with Crippen molar-refractivity contribution >= 4 is 17.8 Å². The summed E-state index contributed by atoms with van der Waals surface area (Å²) in [5.41, 5.74) is 6.06. The highest BCUT2D eigenvalue weighted by molar-refractivity contribution is 6.00. The summed E-state index contributed by atoms with van der Waals surface area (Å²) in [7, 11) is 0. The Bertz CT molecular complexity index is 639. The van der Waals surface area contributed by atoms with E-state index in [9.17, 15) is 9.90 Å². The van der Waals surface area contributed by atoms with Crippen LogP contribution in [0.15, 0.2) is 42.2 Å². The minimum Gasteiger partial charge on any atom is -0.504 e. The lowest BCUT2D eigenvalue weighted by Crippen LogP contribution is -2.50. The Hall–Kier alpha value is -3.07. The van der Waals surface area contributed by atoms with Gasteiger partial charge >= 0.3 is 6.09 Å². The Kier molecular flexibility index (Phi) is 7.42. The van der Waals surface area contributed by atoms with Gasteiger partial charge < -0.3 is 31.5 Å². The van der Waals surface area contributed by atoms with Crippen LogP contribution in [0.3, 0.4) is 0 Å². The largest absolute Gasteiger partial charge is 0.504 e. The number of aliphatic hydroxyl groups is 1. The number of carbonyl (C=O) groups is 1. The summed E-state index contributed by atoms with van der Waals surface area (Å²) in [4.78, 5) is 15.3. The van der Waals surface area contributed by atoms with Crippen molar-refractivity contribution in [2.45, 2.75) is 6.61 Å². The second-order valence-electron chi connectivity index (χ2n) is 5.34. The number of amides is 1. The van der Waals surface area contributed by atoms with Gasteiger partial charge in [-0.15, -0.1) is 0 Å². The Balaban J connectivity index is 0.00000312. The van der Waals surface area contributed by atoms with Crippen LogP contribution >= 0.6 is 0 Å². The van der Waals surface area contributed by atoms with E-state index in [1.165, 1.54) is 0 Å². The zero-order chi connectivity index (χ0) is 17.5. The van der Waals surface area contributed by atoms with Gasteiger partial charge in [0.25, 0.3) is 0 Å². The lowest BCUT2D eigenvalue weighted by molar-refractivity contribution is 0.0825. The number of nitrogens with one attached hydrogen (secondary N) is 2. The zero-order valence-electron chi connectivity index (χ0n) is 13.9. The minimum atomic E-state index is -0.483. The molecule has 0 saturated carbocycles. The summed E-state index contributed by atoms with van der Waals surface area (Å²) in [5, 5.41) is 24.4. The SMILES string of the molecule is N.N=C(N)/C(O)=C/C(=N)N1CCN(C(=O)OCc2ccccc2)CC1. The van der Waals surface area contributed by atoms with Crippen LogP contribution in [0.4, 0.5) is 4.79 Å². The molecule has 1 saturated heterocycles. The monoisotopic (exact) mass is 348 g/mol. The quantitative estimate of drug-likeness (QED) is 0.314. The Labute approximate surface area is 146 Å². The second kappa shape index (κ2) is 9.28. The first-order valence-corrected chi connectivity index (χ1v) is 7.51. The van der Waals surface area contributed by atoms with E-state index in [1.807, 2.05) is 30.3 Å². The number of amidine groups is 2. The van der Waals surface area contributed by atoms with E-state index in [-0.39, 0.29) is 24.7 Å². The Morgan fingerprint density at radius 1 is 1.16 bits per heavy atom. The van der Waals surface area contributed by atoms with Gasteiger partial charge in [0.15, 0.2) is 11.6 Å². The number of rotatable bonds is 4. The van der Waals surface area contributed by atoms with Crippen molar-refractivity contribution in [1.29, 1.82) is 10.8 Å². The highest BCUT2D eigenvalue weighted by atomic mass is 16.6. The van der Waals surface area contributed by atoms with Gasteiger partial charge in [-0.1, -0.05) is 30.3 Å². The smallest absolute Gasteiger partial charge is 0.410 e. The van der Waals surface area contributed by atoms with Crippen LogP contribution in [0, 0.1) is 10.8 Å². The molecule has 9 nitrogen and oxygen atoms in total. The van der Waals surface area contributed by atoms with Crippen molar-refractivity contribution in [3.8, 4) is 0 Å². The third kappa shape index (κ3) is 5.81. The third-order valence-electron chi connectivity index (χ3n) is 3.63. The number of ether oxygens (including phenoxy) is 1. The molecular weight excluding hydrogens is 324 g/mol. The highest BCUT2D eigenvalue weighted by Gasteiger charge is 2.23. The first-order chi connectivity index (χ1) is 11.5. The van der Waals surface area contributed by atoms with Crippen molar-refractivity contribution in [2.75, 3.05) is 26.2 Å². The molecule has 0 spiro atoms. The van der Waals surface area contributed by atoms with Gasteiger partial charge in [-0.05, 0) is 5.56 Å². The predicted molar refractivity (Wildman–Crippen MR) is 95.1 cm³/mol. The standard InChI is InChI=1S/C16H21N5O3.H3N/c17-14(10-13(22)15(18)19)20-6-8-21(9-7-20)16(23)24-11-12-4-2-1-3-5-12;/h1-5,10,17,22H,6-9,11H2,(H3,18,19);1H3/b13-10-,17-14?;. The average Bonchev–Trinajstić information content (AvgIpc) is 2.60. The van der Waals surface area contributed by atoms with Gasteiger partial charge in [0.1, 0.15) is 12.4 Å². The summed E-state index contributed by atoms with van der Waals surface area (Å²) < 4.78 is 5.28. The second-order valence-corrected chi connectivity index (χ2v) is 5.34. The normalized spacial score (nSPS) is 14.5. The molecule has 25 heavy (non-hydrogen) atoms. The summed E-state index contributed by atoms with van der Waals surface area (Å²) in [6.07, 6.45) is 0.748. The summed E-state index contributed by atoms with van der Waals surface area (Å²) >= 11 is 0. The van der Waals surface area contributed by atoms with Gasteiger partial charge in [0.05, 0.1) is 0 Å². The van der Waals surface area contributed by atoms with E-state index >= 15 is 0 Å². The molecule has 0 bridgehead atoms. The van der Waals surface area contributed by atoms with E-state index in [4.69, 9.17) is 21.3 Å². The van der Waals surface area contributed by atoms with E-state index in [0.29, 0.717) is 26.2 Å². The number of hydrogen-bond acceptors (Lipinski definition) is 6. The molecule has 136 valence electrons. The maximum absolute atomic E-state index is 12.0. The van der Waals surface area contributed by atoms with E-state index in [2.05, 4.69) is 0 Å². The fourth-order valence-corrected chi connectivity index (χ4v) is 2.24. The molecule has 9 heteroatoms. The molecule has 1 aliphatic rings. The van der Waals surface area contributed by atoms with Gasteiger partial charge in [-0.3, -0.25) is 10.8 Å². The van der Waals surface area contributed by atoms with E-state index in [1.54, 1.807) is 9.80 Å². The number of nitrogens with zero attached hydrogens (tertiary/aromatic N) is 2. The molecule has 1 aromatic carbocycles. The lowest BCUT2D eigenvalue weighted by atomic mass is 10.2. The van der Waals surface area contributed by atoms with Crippen LogP contribution in [0.5, 0.6) is 0 Å². The van der Waals surface area contributed by atoms with Crippen molar-refractivity contribution in [1.82, 2.24) is 16.0 Å². The van der Waals surface area contributed by atoms with Crippen LogP contribution in [0.2, 0.25) is 0 Å². The minimum absolute atomic E-state index is 0. The molecule has 2 rings (SSSR count). The molecule has 0 unspecified atom stereocenters. The molecule has 1 aromatic rings. The number of nitrogens with two attached hydrogens (primary N) is 1. The number of hydrogen-bond donors (Lipinski definition) is 5. The molecule has 0 atom stereocenters. The number of carbonyl (C=O) groups excluding carboxylic acids is 1. The number of benzene rings is 1. The van der Waals surface area contributed by atoms with Crippen LogP contribution in [0.25, 0.3) is 0 Å². The Morgan fingerprint density at radius 3 is 2.28 bits per heavy atom. The lowest BCUT2D eigenvalue weighted by Gasteiger charge is -2.34. The third-order valence-corrected chi connectivity index (χ3v) is 3.63. The molecular formula is C16H24N6O3. The Morgan fingerprint density at radius 2 is 1.72 bits per heavy atom. The molecule has 1 amide bonds. The maximum atomic E-state index is 12.0. The van der Waals surface area contributed by atoms with Crippen molar-refractivity contribution in [3.63, 3.8) is 0 Å². The van der Waals surface area contributed by atoms with Gasteiger partial charge in [0, 0.05) is 32.3 Å². The van der Waals surface area contributed by atoms with Crippen LogP contribution in [-0.4, -0.2) is 58.8 Å². The van der Waals surface area contributed by atoms with Crippen molar-refractivity contribution in [3.05, 3.63) is 47.7 Å². The topological polar surface area (TPSA) is 162 Å².